The Morgan fingerprint density at radius 3 is 2.59 bits per heavy atom. The first-order chi connectivity index (χ1) is 13.0. The van der Waals surface area contributed by atoms with Crippen molar-refractivity contribution in [2.45, 2.75) is 33.6 Å². The molecule has 0 aliphatic heterocycles. The molecule has 0 aromatic heterocycles. The Labute approximate surface area is 160 Å². The van der Waals surface area contributed by atoms with Gasteiger partial charge in [0.05, 0.1) is 6.61 Å². The number of ether oxygens (including phenoxy) is 1. The quantitative estimate of drug-likeness (QED) is 0.751. The summed E-state index contributed by atoms with van der Waals surface area (Å²) in [6.07, 6.45) is 1.88. The molecule has 3 rings (SSSR count). The number of aryl methyl sites for hydroxylation is 1. The van der Waals surface area contributed by atoms with Crippen molar-refractivity contribution in [1.82, 2.24) is 0 Å². The van der Waals surface area contributed by atoms with E-state index >= 15 is 0 Å². The van der Waals surface area contributed by atoms with Crippen LogP contribution in [0.15, 0.2) is 42.5 Å². The Morgan fingerprint density at radius 2 is 1.93 bits per heavy atom. The molecule has 2 aromatic rings. The summed E-state index contributed by atoms with van der Waals surface area (Å²) in [4.78, 5) is 24.7. The molecule has 2 N–H and O–H groups in total. The molecule has 1 aliphatic rings. The summed E-state index contributed by atoms with van der Waals surface area (Å²) in [6.45, 7) is 6.73. The predicted octanol–water partition coefficient (Wildman–Crippen LogP) is 4.63. The van der Waals surface area contributed by atoms with Crippen molar-refractivity contribution in [3.63, 3.8) is 0 Å². The molecule has 0 saturated heterocycles. The highest BCUT2D eigenvalue weighted by Crippen LogP contribution is 2.38. The average Bonchev–Trinajstić information content (AvgIpc) is 3.39. The second-order valence-corrected chi connectivity index (χ2v) is 7.17. The lowest BCUT2D eigenvalue weighted by Crippen LogP contribution is -2.16. The minimum Gasteiger partial charge on any atom is -0.494 e. The molecule has 0 radical (unpaired) electrons. The Bertz CT molecular complexity index is 847. The first-order valence-electron chi connectivity index (χ1n) is 9.43. The highest BCUT2D eigenvalue weighted by molar-refractivity contribution is 6.05. The van der Waals surface area contributed by atoms with Crippen molar-refractivity contribution in [1.29, 1.82) is 0 Å². The summed E-state index contributed by atoms with van der Waals surface area (Å²) < 4.78 is 5.61. The molecule has 2 aromatic carbocycles. The van der Waals surface area contributed by atoms with Crippen LogP contribution in [0.1, 0.15) is 42.6 Å². The van der Waals surface area contributed by atoms with Gasteiger partial charge < -0.3 is 15.4 Å². The van der Waals surface area contributed by atoms with Crippen LogP contribution in [-0.4, -0.2) is 18.4 Å². The fourth-order valence-corrected chi connectivity index (χ4v) is 2.94. The molecule has 2 atom stereocenters. The Balaban J connectivity index is 1.65. The number of benzene rings is 2. The molecule has 5 heteroatoms. The Kier molecular flexibility index (Phi) is 5.79. The molecule has 5 nitrogen and oxygen atoms in total. The number of carbonyl (C=O) groups is 2. The van der Waals surface area contributed by atoms with Gasteiger partial charge in [0.1, 0.15) is 5.75 Å². The lowest BCUT2D eigenvalue weighted by molar-refractivity contribution is -0.117. The SMILES string of the molecule is CCCOc1ccc(NC(=O)c2cccc(NC(=O)C3CC3C)c2)c(C)c1. The lowest BCUT2D eigenvalue weighted by atomic mass is 10.1. The third-order valence-corrected chi connectivity index (χ3v) is 4.76. The van der Waals surface area contributed by atoms with Crippen LogP contribution < -0.4 is 15.4 Å². The van der Waals surface area contributed by atoms with Crippen molar-refractivity contribution in [2.75, 3.05) is 17.2 Å². The van der Waals surface area contributed by atoms with E-state index in [1.807, 2.05) is 25.1 Å². The zero-order valence-corrected chi connectivity index (χ0v) is 16.0. The van der Waals surface area contributed by atoms with Crippen LogP contribution in [0.4, 0.5) is 11.4 Å². The maximum Gasteiger partial charge on any atom is 0.255 e. The predicted molar refractivity (Wildman–Crippen MR) is 107 cm³/mol. The van der Waals surface area contributed by atoms with Gasteiger partial charge in [-0.25, -0.2) is 0 Å². The maximum absolute atomic E-state index is 12.6. The second kappa shape index (κ2) is 8.25. The van der Waals surface area contributed by atoms with Crippen LogP contribution >= 0.6 is 0 Å². The summed E-state index contributed by atoms with van der Waals surface area (Å²) in [5.41, 5.74) is 2.82. The molecular formula is C22H26N2O3. The minimum atomic E-state index is -0.212. The van der Waals surface area contributed by atoms with E-state index in [4.69, 9.17) is 4.74 Å². The number of anilines is 2. The largest absolute Gasteiger partial charge is 0.494 e. The molecular weight excluding hydrogens is 340 g/mol. The van der Waals surface area contributed by atoms with Crippen LogP contribution in [-0.2, 0) is 4.79 Å². The zero-order chi connectivity index (χ0) is 19.4. The lowest BCUT2D eigenvalue weighted by Gasteiger charge is -2.12. The number of hydrogen-bond acceptors (Lipinski definition) is 3. The summed E-state index contributed by atoms with van der Waals surface area (Å²) >= 11 is 0. The highest BCUT2D eigenvalue weighted by atomic mass is 16.5. The van der Waals surface area contributed by atoms with Crippen LogP contribution in [0.25, 0.3) is 0 Å². The van der Waals surface area contributed by atoms with Gasteiger partial charge in [-0.1, -0.05) is 19.9 Å². The van der Waals surface area contributed by atoms with Gasteiger partial charge >= 0.3 is 0 Å². The van der Waals surface area contributed by atoms with Gasteiger partial charge in [0.2, 0.25) is 5.91 Å². The van der Waals surface area contributed by atoms with Crippen LogP contribution in [0, 0.1) is 18.8 Å². The molecule has 142 valence electrons. The van der Waals surface area contributed by atoms with Gasteiger partial charge in [-0.3, -0.25) is 9.59 Å². The van der Waals surface area contributed by atoms with Gasteiger partial charge in [-0.2, -0.15) is 0 Å². The van der Waals surface area contributed by atoms with Crippen molar-refractivity contribution in [3.8, 4) is 5.75 Å². The first-order valence-corrected chi connectivity index (χ1v) is 9.43. The van der Waals surface area contributed by atoms with Crippen LogP contribution in [0.3, 0.4) is 0 Å². The molecule has 2 amide bonds. The van der Waals surface area contributed by atoms with E-state index in [1.54, 1.807) is 24.3 Å². The van der Waals surface area contributed by atoms with Gasteiger partial charge in [0.15, 0.2) is 0 Å². The topological polar surface area (TPSA) is 67.4 Å². The number of amides is 2. The van der Waals surface area contributed by atoms with E-state index in [0.29, 0.717) is 23.8 Å². The smallest absolute Gasteiger partial charge is 0.255 e. The molecule has 0 spiro atoms. The number of nitrogens with one attached hydrogen (secondary N) is 2. The monoisotopic (exact) mass is 366 g/mol. The summed E-state index contributed by atoms with van der Waals surface area (Å²) in [7, 11) is 0. The molecule has 1 fully saturated rings. The van der Waals surface area contributed by atoms with Gasteiger partial charge in [0.25, 0.3) is 5.91 Å². The van der Waals surface area contributed by atoms with E-state index in [0.717, 1.165) is 29.8 Å². The third kappa shape index (κ3) is 4.88. The number of hydrogen-bond donors (Lipinski definition) is 2. The normalized spacial score (nSPS) is 17.9. The van der Waals surface area contributed by atoms with Gasteiger partial charge in [-0.05, 0) is 67.6 Å². The Morgan fingerprint density at radius 1 is 1.15 bits per heavy atom. The van der Waals surface area contributed by atoms with E-state index in [1.165, 1.54) is 0 Å². The maximum atomic E-state index is 12.6. The minimum absolute atomic E-state index is 0.0265. The number of carbonyl (C=O) groups excluding carboxylic acids is 2. The van der Waals surface area contributed by atoms with E-state index in [2.05, 4.69) is 24.5 Å². The van der Waals surface area contributed by atoms with Crippen LogP contribution in [0.5, 0.6) is 5.75 Å². The van der Waals surface area contributed by atoms with Crippen molar-refractivity contribution in [2.24, 2.45) is 11.8 Å². The second-order valence-electron chi connectivity index (χ2n) is 7.17. The fraction of sp³-hybridized carbons (Fsp3) is 0.364. The van der Waals surface area contributed by atoms with Crippen molar-refractivity contribution < 1.29 is 14.3 Å². The molecule has 2 unspecified atom stereocenters. The zero-order valence-electron chi connectivity index (χ0n) is 16.0. The molecule has 27 heavy (non-hydrogen) atoms. The first kappa shape index (κ1) is 19.0. The van der Waals surface area contributed by atoms with E-state index < -0.39 is 0 Å². The average molecular weight is 366 g/mol. The summed E-state index contributed by atoms with van der Waals surface area (Å²) in [5.74, 6) is 1.16. The summed E-state index contributed by atoms with van der Waals surface area (Å²) in [6, 6.07) is 12.6. The standard InChI is InChI=1S/C22H26N2O3/c1-4-10-27-18-8-9-20(15(3)11-18)24-21(25)16-6-5-7-17(13-16)23-22(26)19-12-14(19)2/h5-9,11,13-14,19H,4,10,12H2,1-3H3,(H,23,26)(H,24,25). The van der Waals surface area contributed by atoms with Crippen molar-refractivity contribution in [3.05, 3.63) is 53.6 Å². The third-order valence-electron chi connectivity index (χ3n) is 4.76. The molecule has 1 saturated carbocycles. The fourth-order valence-electron chi connectivity index (χ4n) is 2.94. The highest BCUT2D eigenvalue weighted by Gasteiger charge is 2.39. The van der Waals surface area contributed by atoms with E-state index in [-0.39, 0.29) is 17.7 Å². The van der Waals surface area contributed by atoms with E-state index in [9.17, 15) is 9.59 Å². The van der Waals surface area contributed by atoms with Gasteiger partial charge in [0, 0.05) is 22.9 Å². The van der Waals surface area contributed by atoms with Crippen LogP contribution in [0.2, 0.25) is 0 Å². The number of rotatable bonds is 7. The molecule has 1 aliphatic carbocycles. The molecule has 0 heterocycles. The van der Waals surface area contributed by atoms with Gasteiger partial charge in [-0.15, -0.1) is 0 Å². The van der Waals surface area contributed by atoms with Crippen molar-refractivity contribution >= 4 is 23.2 Å². The summed E-state index contributed by atoms with van der Waals surface area (Å²) in [5, 5.41) is 5.82. The Hall–Kier alpha value is -2.82. The molecule has 0 bridgehead atoms.